The fraction of sp³-hybridized carbons (Fsp3) is 0.938. The van der Waals surface area contributed by atoms with Crippen LogP contribution < -0.4 is 5.73 Å². The van der Waals surface area contributed by atoms with E-state index in [-0.39, 0.29) is 11.9 Å². The Labute approximate surface area is 128 Å². The van der Waals surface area contributed by atoms with Gasteiger partial charge in [0.15, 0.2) is 0 Å². The van der Waals surface area contributed by atoms with Gasteiger partial charge in [0.2, 0.25) is 0 Å². The van der Waals surface area contributed by atoms with Crippen LogP contribution in [0.3, 0.4) is 0 Å². The van der Waals surface area contributed by atoms with E-state index in [2.05, 4.69) is 23.9 Å². The third-order valence-electron chi connectivity index (χ3n) is 5.36. The van der Waals surface area contributed by atoms with Crippen molar-refractivity contribution in [2.24, 2.45) is 17.6 Å². The molecule has 1 aliphatic heterocycles. The Morgan fingerprint density at radius 2 is 2.24 bits per heavy atom. The normalized spacial score (nSPS) is 33.8. The summed E-state index contributed by atoms with van der Waals surface area (Å²) < 4.78 is 4.91. The Bertz CT molecular complexity index is 363. The van der Waals surface area contributed by atoms with Gasteiger partial charge in [0.05, 0.1) is 7.11 Å². The quantitative estimate of drug-likeness (QED) is 0.739. The number of rotatable bonds is 6. The summed E-state index contributed by atoms with van der Waals surface area (Å²) in [4.78, 5) is 16.7. The maximum Gasteiger partial charge on any atom is 0.326 e. The Kier molecular flexibility index (Phi) is 5.63. The predicted molar refractivity (Wildman–Crippen MR) is 84.0 cm³/mol. The number of nitrogens with two attached hydrogens (primary N) is 1. The van der Waals surface area contributed by atoms with Crippen molar-refractivity contribution in [3.05, 3.63) is 0 Å². The van der Waals surface area contributed by atoms with E-state index in [1.54, 1.807) is 0 Å². The molecule has 0 bridgehead atoms. The molecule has 3 unspecified atom stereocenters. The highest BCUT2D eigenvalue weighted by Crippen LogP contribution is 2.37. The third-order valence-corrected chi connectivity index (χ3v) is 5.36. The number of hydrogen-bond acceptors (Lipinski definition) is 5. The lowest BCUT2D eigenvalue weighted by molar-refractivity contribution is -0.148. The summed E-state index contributed by atoms with van der Waals surface area (Å²) >= 11 is 0. The molecule has 0 amide bonds. The lowest BCUT2D eigenvalue weighted by Gasteiger charge is -2.30. The summed E-state index contributed by atoms with van der Waals surface area (Å²) in [5.41, 5.74) is 5.58. The Balaban J connectivity index is 1.77. The van der Waals surface area contributed by atoms with Crippen molar-refractivity contribution in [1.29, 1.82) is 0 Å². The lowest BCUT2D eigenvalue weighted by atomic mass is 9.85. The van der Waals surface area contributed by atoms with Gasteiger partial charge in [0.25, 0.3) is 0 Å². The highest BCUT2D eigenvalue weighted by atomic mass is 16.5. The zero-order chi connectivity index (χ0) is 15.5. The summed E-state index contributed by atoms with van der Waals surface area (Å²) in [5, 5.41) is 0. The summed E-state index contributed by atoms with van der Waals surface area (Å²) in [6.45, 7) is 4.58. The topological polar surface area (TPSA) is 58.8 Å². The van der Waals surface area contributed by atoms with Crippen molar-refractivity contribution in [3.8, 4) is 0 Å². The van der Waals surface area contributed by atoms with Gasteiger partial charge >= 0.3 is 5.97 Å². The van der Waals surface area contributed by atoms with Gasteiger partial charge in [-0.25, -0.2) is 0 Å². The number of nitrogens with zero attached hydrogens (tertiary/aromatic N) is 2. The van der Waals surface area contributed by atoms with Crippen molar-refractivity contribution in [2.45, 2.75) is 37.6 Å². The molecule has 2 fully saturated rings. The van der Waals surface area contributed by atoms with Crippen molar-refractivity contribution >= 4 is 5.97 Å². The molecule has 5 nitrogen and oxygen atoms in total. The first kappa shape index (κ1) is 16.7. The maximum atomic E-state index is 11.9. The minimum absolute atomic E-state index is 0.231. The van der Waals surface area contributed by atoms with E-state index in [0.29, 0.717) is 0 Å². The Morgan fingerprint density at radius 3 is 2.86 bits per heavy atom. The minimum atomic E-state index is -0.747. The van der Waals surface area contributed by atoms with Gasteiger partial charge in [-0.2, -0.15) is 0 Å². The van der Waals surface area contributed by atoms with Crippen LogP contribution in [0.5, 0.6) is 0 Å². The first-order valence-electron chi connectivity index (χ1n) is 8.20. The number of methoxy groups -OCH3 is 1. The molecule has 0 radical (unpaired) electrons. The van der Waals surface area contributed by atoms with Gasteiger partial charge in [0, 0.05) is 13.1 Å². The maximum absolute atomic E-state index is 11.9. The number of carbonyl (C=O) groups excluding carboxylic acids is 1. The second kappa shape index (κ2) is 7.07. The second-order valence-electron chi connectivity index (χ2n) is 7.09. The van der Waals surface area contributed by atoms with Gasteiger partial charge in [-0.05, 0) is 64.7 Å². The minimum Gasteiger partial charge on any atom is -0.468 e. The van der Waals surface area contributed by atoms with E-state index in [0.717, 1.165) is 44.7 Å². The van der Waals surface area contributed by atoms with Gasteiger partial charge < -0.3 is 20.3 Å². The molecule has 0 spiro atoms. The third kappa shape index (κ3) is 3.96. The van der Waals surface area contributed by atoms with E-state index >= 15 is 0 Å². The molecule has 0 aromatic heterocycles. The standard InChI is InChI=1S/C16H31N3O2/c1-18-9-6-13(11-18)12-19(2)10-7-14-5-4-8-16(14,17)15(20)21-3/h13-14H,4-12,17H2,1-3H3. The van der Waals surface area contributed by atoms with E-state index < -0.39 is 5.54 Å². The van der Waals surface area contributed by atoms with Gasteiger partial charge in [-0.3, -0.25) is 4.79 Å². The van der Waals surface area contributed by atoms with Crippen LogP contribution in [0.25, 0.3) is 0 Å². The number of likely N-dealkylation sites (tertiary alicyclic amines) is 1. The molecular weight excluding hydrogens is 266 g/mol. The van der Waals surface area contributed by atoms with Crippen LogP contribution in [0.1, 0.15) is 32.1 Å². The highest BCUT2D eigenvalue weighted by molar-refractivity contribution is 5.81. The van der Waals surface area contributed by atoms with E-state index in [1.165, 1.54) is 26.6 Å². The molecule has 2 aliphatic rings. The molecule has 21 heavy (non-hydrogen) atoms. The zero-order valence-corrected chi connectivity index (χ0v) is 13.8. The molecule has 1 saturated carbocycles. The van der Waals surface area contributed by atoms with Crippen LogP contribution in [0, 0.1) is 11.8 Å². The summed E-state index contributed by atoms with van der Waals surface area (Å²) in [6.07, 6.45) is 5.14. The number of ether oxygens (including phenoxy) is 1. The largest absolute Gasteiger partial charge is 0.468 e. The van der Waals surface area contributed by atoms with Crippen molar-refractivity contribution in [1.82, 2.24) is 9.80 Å². The van der Waals surface area contributed by atoms with E-state index in [4.69, 9.17) is 10.5 Å². The van der Waals surface area contributed by atoms with Crippen LogP contribution in [-0.4, -0.2) is 68.7 Å². The predicted octanol–water partition coefficient (Wildman–Crippen LogP) is 0.931. The SMILES string of the molecule is COC(=O)C1(N)CCCC1CCN(C)CC1CCN(C)C1. The van der Waals surface area contributed by atoms with Gasteiger partial charge in [0.1, 0.15) is 5.54 Å². The Morgan fingerprint density at radius 1 is 1.48 bits per heavy atom. The average Bonchev–Trinajstić information content (AvgIpc) is 3.02. The molecule has 0 aromatic carbocycles. The summed E-state index contributed by atoms with van der Waals surface area (Å²) in [6, 6.07) is 0. The number of esters is 1. The van der Waals surface area contributed by atoms with Gasteiger partial charge in [-0.1, -0.05) is 6.42 Å². The van der Waals surface area contributed by atoms with Crippen molar-refractivity contribution in [3.63, 3.8) is 0 Å². The first-order chi connectivity index (χ1) is 9.95. The molecule has 3 atom stereocenters. The van der Waals surface area contributed by atoms with Crippen LogP contribution in [0.15, 0.2) is 0 Å². The Hall–Kier alpha value is -0.650. The van der Waals surface area contributed by atoms with Crippen LogP contribution in [0.4, 0.5) is 0 Å². The van der Waals surface area contributed by atoms with Crippen LogP contribution in [-0.2, 0) is 9.53 Å². The molecule has 2 rings (SSSR count). The molecule has 2 N–H and O–H groups in total. The van der Waals surface area contributed by atoms with E-state index in [9.17, 15) is 4.79 Å². The number of hydrogen-bond donors (Lipinski definition) is 1. The molecule has 1 aliphatic carbocycles. The zero-order valence-electron chi connectivity index (χ0n) is 13.8. The summed E-state index contributed by atoms with van der Waals surface area (Å²) in [5.74, 6) is 0.815. The van der Waals surface area contributed by atoms with Crippen molar-refractivity contribution < 1.29 is 9.53 Å². The molecule has 1 heterocycles. The van der Waals surface area contributed by atoms with Crippen LogP contribution >= 0.6 is 0 Å². The molecule has 0 aromatic rings. The molecule has 1 saturated heterocycles. The fourth-order valence-corrected chi connectivity index (χ4v) is 4.05. The number of carbonyl (C=O) groups is 1. The second-order valence-corrected chi connectivity index (χ2v) is 7.09. The average molecular weight is 297 g/mol. The van der Waals surface area contributed by atoms with Crippen molar-refractivity contribution in [2.75, 3.05) is 47.4 Å². The smallest absolute Gasteiger partial charge is 0.326 e. The fourth-order valence-electron chi connectivity index (χ4n) is 4.05. The van der Waals surface area contributed by atoms with Crippen LogP contribution in [0.2, 0.25) is 0 Å². The first-order valence-corrected chi connectivity index (χ1v) is 8.20. The van der Waals surface area contributed by atoms with Gasteiger partial charge in [-0.15, -0.1) is 0 Å². The molecular formula is C16H31N3O2. The molecule has 122 valence electrons. The monoisotopic (exact) mass is 297 g/mol. The highest BCUT2D eigenvalue weighted by Gasteiger charge is 2.46. The summed E-state index contributed by atoms with van der Waals surface area (Å²) in [7, 11) is 5.82. The molecule has 5 heteroatoms. The van der Waals surface area contributed by atoms with E-state index in [1.807, 2.05) is 0 Å². The lowest BCUT2D eigenvalue weighted by Crippen LogP contribution is -2.52.